The lowest BCUT2D eigenvalue weighted by Gasteiger charge is -2.06. The predicted octanol–water partition coefficient (Wildman–Crippen LogP) is 3.87. The number of ether oxygens (including phenoxy) is 1. The highest BCUT2D eigenvalue weighted by molar-refractivity contribution is 6.99. The number of nitrogens with zero attached hydrogens (tertiary/aromatic N) is 3. The van der Waals surface area contributed by atoms with Gasteiger partial charge in [-0.1, -0.05) is 26.2 Å². The second-order valence-corrected chi connectivity index (χ2v) is 4.99. The summed E-state index contributed by atoms with van der Waals surface area (Å²) in [5, 5.41) is 0. The van der Waals surface area contributed by atoms with Gasteiger partial charge >= 0.3 is 0 Å². The maximum atomic E-state index is 5.74. The van der Waals surface area contributed by atoms with Gasteiger partial charge in [-0.25, -0.2) is 0 Å². The van der Waals surface area contributed by atoms with E-state index in [2.05, 4.69) is 20.7 Å². The molecule has 0 saturated heterocycles. The summed E-state index contributed by atoms with van der Waals surface area (Å²) in [4.78, 5) is 4.28. The number of hydrogen-bond acceptors (Lipinski definition) is 5. The van der Waals surface area contributed by atoms with Gasteiger partial charge in [-0.05, 0) is 25.5 Å². The van der Waals surface area contributed by atoms with Crippen molar-refractivity contribution in [2.24, 2.45) is 0 Å². The highest BCUT2D eigenvalue weighted by Gasteiger charge is 2.14. The van der Waals surface area contributed by atoms with Gasteiger partial charge in [0.15, 0.2) is 0 Å². The molecule has 0 saturated carbocycles. The number of pyridine rings is 1. The van der Waals surface area contributed by atoms with E-state index in [9.17, 15) is 0 Å². The van der Waals surface area contributed by atoms with Gasteiger partial charge in [-0.15, -0.1) is 4.37 Å². The smallest absolute Gasteiger partial charge is 0.254 e. The summed E-state index contributed by atoms with van der Waals surface area (Å²) in [6.07, 6.45) is 6.54. The molecule has 0 aromatic carbocycles. The van der Waals surface area contributed by atoms with Crippen LogP contribution in [-0.4, -0.2) is 20.3 Å². The molecule has 102 valence electrons. The van der Waals surface area contributed by atoms with E-state index in [0.29, 0.717) is 12.5 Å². The van der Waals surface area contributed by atoms with E-state index in [-0.39, 0.29) is 0 Å². The minimum absolute atomic E-state index is 0.637. The van der Waals surface area contributed by atoms with Crippen molar-refractivity contribution in [2.45, 2.75) is 39.5 Å². The van der Waals surface area contributed by atoms with E-state index < -0.39 is 0 Å². The molecule has 19 heavy (non-hydrogen) atoms. The Morgan fingerprint density at radius 3 is 2.89 bits per heavy atom. The molecule has 0 spiro atoms. The number of aromatic nitrogens is 3. The van der Waals surface area contributed by atoms with Crippen LogP contribution >= 0.6 is 11.7 Å². The molecule has 2 heterocycles. The van der Waals surface area contributed by atoms with E-state index in [1.54, 1.807) is 6.20 Å². The topological polar surface area (TPSA) is 47.9 Å². The molecular formula is C14H19N3OS. The molecule has 0 N–H and O–H groups in total. The van der Waals surface area contributed by atoms with Crippen molar-refractivity contribution < 1.29 is 4.74 Å². The summed E-state index contributed by atoms with van der Waals surface area (Å²) in [6.45, 7) is 4.88. The van der Waals surface area contributed by atoms with Crippen LogP contribution < -0.4 is 4.74 Å². The molecule has 0 aliphatic carbocycles. The molecule has 2 aromatic rings. The van der Waals surface area contributed by atoms with E-state index in [1.807, 2.05) is 19.1 Å². The fraction of sp³-hybridized carbons (Fsp3) is 0.500. The Morgan fingerprint density at radius 1 is 1.21 bits per heavy atom. The van der Waals surface area contributed by atoms with E-state index in [4.69, 9.17) is 4.74 Å². The van der Waals surface area contributed by atoms with Gasteiger partial charge < -0.3 is 4.74 Å². The summed E-state index contributed by atoms with van der Waals surface area (Å²) in [5.41, 5.74) is 2.76. The zero-order valence-corrected chi connectivity index (χ0v) is 12.2. The molecular weight excluding hydrogens is 258 g/mol. The van der Waals surface area contributed by atoms with Crippen molar-refractivity contribution in [1.82, 2.24) is 13.7 Å². The monoisotopic (exact) mass is 277 g/mol. The van der Waals surface area contributed by atoms with Crippen molar-refractivity contribution >= 4 is 11.7 Å². The van der Waals surface area contributed by atoms with Gasteiger partial charge in [0.2, 0.25) is 0 Å². The van der Waals surface area contributed by atoms with Gasteiger partial charge in [0.25, 0.3) is 5.88 Å². The van der Waals surface area contributed by atoms with Crippen LogP contribution in [0.1, 0.15) is 38.3 Å². The minimum Gasteiger partial charge on any atom is -0.475 e. The van der Waals surface area contributed by atoms with Crippen LogP contribution in [0.25, 0.3) is 11.3 Å². The summed E-state index contributed by atoms with van der Waals surface area (Å²) in [5.74, 6) is 0.637. The molecule has 4 nitrogen and oxygen atoms in total. The lowest BCUT2D eigenvalue weighted by molar-refractivity contribution is 0.297. The number of rotatable bonds is 7. The Balaban J connectivity index is 2.00. The number of aryl methyl sites for hydroxylation is 1. The summed E-state index contributed by atoms with van der Waals surface area (Å²) in [7, 11) is 0. The molecule has 0 fully saturated rings. The van der Waals surface area contributed by atoms with Gasteiger partial charge in [0.05, 0.1) is 18.3 Å². The van der Waals surface area contributed by atoms with Crippen LogP contribution in [0, 0.1) is 6.92 Å². The molecule has 0 atom stereocenters. The van der Waals surface area contributed by atoms with Crippen LogP contribution in [0.15, 0.2) is 18.3 Å². The van der Waals surface area contributed by atoms with E-state index >= 15 is 0 Å². The normalized spacial score (nSPS) is 10.6. The Kier molecular flexibility index (Phi) is 5.27. The van der Waals surface area contributed by atoms with Crippen LogP contribution in [-0.2, 0) is 0 Å². The zero-order chi connectivity index (χ0) is 13.5. The van der Waals surface area contributed by atoms with E-state index in [1.165, 1.54) is 31.0 Å². The van der Waals surface area contributed by atoms with Crippen LogP contribution in [0.3, 0.4) is 0 Å². The largest absolute Gasteiger partial charge is 0.475 e. The lowest BCUT2D eigenvalue weighted by Crippen LogP contribution is -1.99. The summed E-state index contributed by atoms with van der Waals surface area (Å²) < 4.78 is 14.3. The van der Waals surface area contributed by atoms with Crippen molar-refractivity contribution in [3.05, 3.63) is 24.0 Å². The van der Waals surface area contributed by atoms with Crippen LogP contribution in [0.5, 0.6) is 5.88 Å². The first-order chi connectivity index (χ1) is 9.33. The van der Waals surface area contributed by atoms with Gasteiger partial charge in [-0.3, -0.25) is 4.98 Å². The Labute approximate surface area is 118 Å². The molecule has 5 heteroatoms. The fourth-order valence-corrected chi connectivity index (χ4v) is 2.38. The van der Waals surface area contributed by atoms with Crippen LogP contribution in [0.4, 0.5) is 0 Å². The Morgan fingerprint density at radius 2 is 2.11 bits per heavy atom. The zero-order valence-electron chi connectivity index (χ0n) is 11.4. The Hall–Kier alpha value is -1.49. The van der Waals surface area contributed by atoms with Gasteiger partial charge in [0, 0.05) is 17.5 Å². The second-order valence-electron chi connectivity index (χ2n) is 4.46. The number of hydrogen-bond donors (Lipinski definition) is 0. The quantitative estimate of drug-likeness (QED) is 0.721. The third-order valence-electron chi connectivity index (χ3n) is 2.96. The molecule has 0 aliphatic rings. The first kappa shape index (κ1) is 13.9. The summed E-state index contributed by atoms with van der Waals surface area (Å²) >= 11 is 1.19. The van der Waals surface area contributed by atoms with Gasteiger partial charge in [0.1, 0.15) is 5.69 Å². The molecule has 0 radical (unpaired) electrons. The van der Waals surface area contributed by atoms with Crippen molar-refractivity contribution in [2.75, 3.05) is 6.61 Å². The first-order valence-electron chi connectivity index (χ1n) is 6.70. The van der Waals surface area contributed by atoms with E-state index in [0.717, 1.165) is 23.4 Å². The van der Waals surface area contributed by atoms with Gasteiger partial charge in [-0.2, -0.15) is 4.37 Å². The van der Waals surface area contributed by atoms with Crippen molar-refractivity contribution in [3.8, 4) is 17.1 Å². The standard InChI is InChI=1S/C14H19N3OS/c1-3-4-5-6-10-18-14-13(16-19-17-14)12-8-7-9-15-11(12)2/h7-9H,3-6,10H2,1-2H3. The SMILES string of the molecule is CCCCCCOc1nsnc1-c1cccnc1C. The second kappa shape index (κ2) is 7.19. The van der Waals surface area contributed by atoms with Crippen molar-refractivity contribution in [1.29, 1.82) is 0 Å². The average molecular weight is 277 g/mol. The Bertz CT molecular complexity index is 513. The maximum absolute atomic E-state index is 5.74. The third kappa shape index (κ3) is 3.73. The summed E-state index contributed by atoms with van der Waals surface area (Å²) in [6, 6.07) is 3.91. The maximum Gasteiger partial charge on any atom is 0.254 e. The van der Waals surface area contributed by atoms with Crippen LogP contribution in [0.2, 0.25) is 0 Å². The molecule has 0 bridgehead atoms. The first-order valence-corrected chi connectivity index (χ1v) is 7.43. The number of unbranched alkanes of at least 4 members (excludes halogenated alkanes) is 3. The average Bonchev–Trinajstić information content (AvgIpc) is 2.87. The third-order valence-corrected chi connectivity index (χ3v) is 3.47. The molecule has 0 amide bonds. The molecule has 0 unspecified atom stereocenters. The fourth-order valence-electron chi connectivity index (χ4n) is 1.87. The lowest BCUT2D eigenvalue weighted by atomic mass is 10.1. The molecule has 0 aliphatic heterocycles. The highest BCUT2D eigenvalue weighted by atomic mass is 32.1. The highest BCUT2D eigenvalue weighted by Crippen LogP contribution is 2.29. The molecule has 2 aromatic heterocycles. The minimum atomic E-state index is 0.637. The molecule has 2 rings (SSSR count). The van der Waals surface area contributed by atoms with Crippen molar-refractivity contribution in [3.63, 3.8) is 0 Å². The predicted molar refractivity (Wildman–Crippen MR) is 77.5 cm³/mol.